The largest absolute Gasteiger partial charge is 0.445 e. The number of rotatable bonds is 1. The van der Waals surface area contributed by atoms with Crippen LogP contribution in [-0.4, -0.2) is 62.1 Å². The van der Waals surface area contributed by atoms with Crippen LogP contribution >= 0.6 is 34.8 Å². The van der Waals surface area contributed by atoms with Crippen LogP contribution in [0.4, 0.5) is 4.79 Å². The Labute approximate surface area is 129 Å². The Kier molecular flexibility index (Phi) is 4.68. The maximum Gasteiger partial charge on any atom is 0.410 e. The molecule has 0 unspecified atom stereocenters. The molecular weight excluding hydrogens is 336 g/mol. The van der Waals surface area contributed by atoms with Gasteiger partial charge in [0.05, 0.1) is 12.1 Å². The lowest BCUT2D eigenvalue weighted by Crippen LogP contribution is -2.66. The molecule has 0 aliphatic carbocycles. The van der Waals surface area contributed by atoms with Crippen molar-refractivity contribution in [2.75, 3.05) is 6.61 Å². The quantitative estimate of drug-likeness (QED) is 0.672. The molecule has 0 aromatic heterocycles. The molecule has 1 amide bonds. The predicted molar refractivity (Wildman–Crippen MR) is 68.4 cm³/mol. The van der Waals surface area contributed by atoms with Crippen LogP contribution in [0.3, 0.4) is 0 Å². The van der Waals surface area contributed by atoms with Gasteiger partial charge in [0.15, 0.2) is 12.6 Å². The molecule has 7 nitrogen and oxygen atoms in total. The summed E-state index contributed by atoms with van der Waals surface area (Å²) in [5, 5.41) is 19.4. The molecule has 0 aromatic carbocycles. The van der Waals surface area contributed by atoms with E-state index in [0.717, 1.165) is 4.90 Å². The van der Waals surface area contributed by atoms with E-state index in [0.29, 0.717) is 0 Å². The Morgan fingerprint density at radius 2 is 1.80 bits per heavy atom. The van der Waals surface area contributed by atoms with Crippen molar-refractivity contribution in [3.8, 4) is 0 Å². The fraction of sp³-hybridized carbons (Fsp3) is 0.800. The summed E-state index contributed by atoms with van der Waals surface area (Å²) >= 11 is 16.4. The van der Waals surface area contributed by atoms with E-state index in [2.05, 4.69) is 0 Å². The van der Waals surface area contributed by atoms with Gasteiger partial charge in [0.25, 0.3) is 0 Å². The number of ether oxygens (including phenoxy) is 2. The van der Waals surface area contributed by atoms with E-state index in [1.165, 1.54) is 0 Å². The third-order valence-electron chi connectivity index (χ3n) is 3.10. The topological polar surface area (TPSA) is 96.3 Å². The first-order valence-electron chi connectivity index (χ1n) is 5.74. The van der Waals surface area contributed by atoms with Crippen LogP contribution in [0.5, 0.6) is 0 Å². The molecule has 2 saturated heterocycles. The van der Waals surface area contributed by atoms with E-state index in [9.17, 15) is 19.8 Å². The second-order valence-corrected chi connectivity index (χ2v) is 7.09. The number of aliphatic hydroxyl groups excluding tert-OH is 2. The summed E-state index contributed by atoms with van der Waals surface area (Å²) < 4.78 is 7.90. The van der Waals surface area contributed by atoms with E-state index < -0.39 is 41.2 Å². The number of carbonyl (C=O) groups is 2. The monoisotopic (exact) mass is 347 g/mol. The zero-order valence-corrected chi connectivity index (χ0v) is 12.3. The van der Waals surface area contributed by atoms with Crippen LogP contribution in [0.15, 0.2) is 0 Å². The van der Waals surface area contributed by atoms with Gasteiger partial charge in [-0.15, -0.1) is 0 Å². The first kappa shape index (κ1) is 16.1. The number of halogens is 3. The summed E-state index contributed by atoms with van der Waals surface area (Å²) in [4.78, 5) is 24.6. The van der Waals surface area contributed by atoms with Crippen molar-refractivity contribution in [3.05, 3.63) is 0 Å². The lowest BCUT2D eigenvalue weighted by molar-refractivity contribution is -0.289. The number of fused-ring (bicyclic) bond motifs is 2. The summed E-state index contributed by atoms with van der Waals surface area (Å²) in [5.41, 5.74) is 0. The van der Waals surface area contributed by atoms with E-state index in [1.54, 1.807) is 0 Å². The lowest BCUT2D eigenvalue weighted by Gasteiger charge is -2.48. The molecule has 2 N–H and O–H groups in total. The highest BCUT2D eigenvalue weighted by Crippen LogP contribution is 2.33. The van der Waals surface area contributed by atoms with E-state index in [4.69, 9.17) is 44.3 Å². The average molecular weight is 349 g/mol. The first-order valence-corrected chi connectivity index (χ1v) is 6.87. The second kappa shape index (κ2) is 5.82. The highest BCUT2D eigenvalue weighted by atomic mass is 35.6. The van der Waals surface area contributed by atoms with Crippen LogP contribution in [0, 0.1) is 0 Å². The Balaban J connectivity index is 2.12. The first-order chi connectivity index (χ1) is 9.19. The van der Waals surface area contributed by atoms with Gasteiger partial charge >= 0.3 is 6.09 Å². The Morgan fingerprint density at radius 3 is 2.25 bits per heavy atom. The number of hydrogen-bond acceptors (Lipinski definition) is 6. The van der Waals surface area contributed by atoms with Crippen molar-refractivity contribution < 1.29 is 29.3 Å². The number of piperidine rings is 1. The van der Waals surface area contributed by atoms with Gasteiger partial charge in [-0.3, -0.25) is 9.69 Å². The minimum Gasteiger partial charge on any atom is -0.445 e. The molecule has 10 heteroatoms. The molecule has 0 aromatic rings. The van der Waals surface area contributed by atoms with Crippen molar-refractivity contribution in [2.24, 2.45) is 0 Å². The smallest absolute Gasteiger partial charge is 0.410 e. The number of aliphatic hydroxyl groups is 2. The van der Waals surface area contributed by atoms with Gasteiger partial charge in [-0.25, -0.2) is 4.79 Å². The SMILES string of the molecule is O=C1C[C@@H]2[C@@H](O)O[C@H](O)[C@H](C1)N2C(=O)OCC(Cl)(Cl)Cl. The second-order valence-electron chi connectivity index (χ2n) is 4.58. The maximum absolute atomic E-state index is 12.0. The maximum atomic E-state index is 12.0. The van der Waals surface area contributed by atoms with Crippen LogP contribution in [0.1, 0.15) is 12.8 Å². The molecule has 2 rings (SSSR count). The Bertz CT molecular complexity index is 394. The van der Waals surface area contributed by atoms with Gasteiger partial charge < -0.3 is 19.7 Å². The van der Waals surface area contributed by atoms with Crippen LogP contribution < -0.4 is 0 Å². The van der Waals surface area contributed by atoms with Crippen LogP contribution in [-0.2, 0) is 14.3 Å². The minimum absolute atomic E-state index is 0.0900. The van der Waals surface area contributed by atoms with Gasteiger partial charge in [0.2, 0.25) is 3.79 Å². The van der Waals surface area contributed by atoms with Gasteiger partial charge in [-0.05, 0) is 0 Å². The molecule has 20 heavy (non-hydrogen) atoms. The zero-order valence-electron chi connectivity index (χ0n) is 10.0. The number of alkyl halides is 3. The van der Waals surface area contributed by atoms with Gasteiger partial charge in [-0.2, -0.15) is 0 Å². The molecule has 2 fully saturated rings. The summed E-state index contributed by atoms with van der Waals surface area (Å²) in [7, 11) is 0. The molecular formula is C10H12Cl3NO6. The van der Waals surface area contributed by atoms with Gasteiger partial charge in [0.1, 0.15) is 12.4 Å². The Hall–Kier alpha value is -0.310. The van der Waals surface area contributed by atoms with Gasteiger partial charge in [-0.1, -0.05) is 34.8 Å². The van der Waals surface area contributed by atoms with Crippen molar-refractivity contribution >= 4 is 46.7 Å². The Morgan fingerprint density at radius 1 is 1.30 bits per heavy atom. The highest BCUT2D eigenvalue weighted by Gasteiger charge is 2.50. The van der Waals surface area contributed by atoms with Crippen molar-refractivity contribution in [2.45, 2.75) is 41.3 Å². The molecule has 2 heterocycles. The minimum atomic E-state index is -1.77. The van der Waals surface area contributed by atoms with Crippen LogP contribution in [0.2, 0.25) is 0 Å². The molecule has 2 aliphatic heterocycles. The lowest BCUT2D eigenvalue weighted by atomic mass is 9.92. The highest BCUT2D eigenvalue weighted by molar-refractivity contribution is 6.67. The van der Waals surface area contributed by atoms with Crippen molar-refractivity contribution in [1.29, 1.82) is 0 Å². The molecule has 0 spiro atoms. The fourth-order valence-electron chi connectivity index (χ4n) is 2.28. The third kappa shape index (κ3) is 3.47. The summed E-state index contributed by atoms with van der Waals surface area (Å²) in [6, 6.07) is -1.85. The normalized spacial score (nSPS) is 34.0. The standard InChI is InChI=1S/C10H12Cl3NO6/c11-10(12,13)3-19-9(18)14-5-1-4(15)2-6(14)8(17)20-7(5)16/h5-8,16-17H,1-3H2/t5-,6+,7-,8-/m0/s1. The number of amides is 1. The number of Topliss-reactive ketones (excluding diaryl/α,β-unsaturated/α-hetero) is 1. The van der Waals surface area contributed by atoms with E-state index >= 15 is 0 Å². The van der Waals surface area contributed by atoms with E-state index in [-0.39, 0.29) is 18.6 Å². The summed E-state index contributed by atoms with van der Waals surface area (Å²) in [6.07, 6.45) is -4.03. The fourth-order valence-corrected chi connectivity index (χ4v) is 2.45. The number of ketones is 1. The van der Waals surface area contributed by atoms with Crippen molar-refractivity contribution in [1.82, 2.24) is 4.90 Å². The molecule has 0 radical (unpaired) electrons. The van der Waals surface area contributed by atoms with Crippen LogP contribution in [0.25, 0.3) is 0 Å². The summed E-state index contributed by atoms with van der Waals surface area (Å²) in [5.74, 6) is -0.188. The average Bonchev–Trinajstić information content (AvgIpc) is 2.32. The molecule has 2 aliphatic rings. The molecule has 114 valence electrons. The predicted octanol–water partition coefficient (Wildman–Crippen LogP) is 0.562. The molecule has 4 atom stereocenters. The molecule has 0 saturated carbocycles. The number of nitrogens with zero attached hydrogens (tertiary/aromatic N) is 1. The zero-order chi connectivity index (χ0) is 15.1. The van der Waals surface area contributed by atoms with Gasteiger partial charge in [0, 0.05) is 12.8 Å². The van der Waals surface area contributed by atoms with E-state index in [1.807, 2.05) is 0 Å². The third-order valence-corrected chi connectivity index (χ3v) is 3.42. The van der Waals surface area contributed by atoms with Crippen molar-refractivity contribution in [3.63, 3.8) is 0 Å². The molecule has 2 bridgehead atoms. The number of hydrogen-bond donors (Lipinski definition) is 2. The summed E-state index contributed by atoms with van der Waals surface area (Å²) in [6.45, 7) is -0.493. The number of carbonyl (C=O) groups excluding carboxylic acids is 2. The number of morpholine rings is 1.